The summed E-state index contributed by atoms with van der Waals surface area (Å²) in [4.78, 5) is 19.5. The number of nitrogens with zero attached hydrogens (tertiary/aromatic N) is 5. The second-order valence-electron chi connectivity index (χ2n) is 10.5. The van der Waals surface area contributed by atoms with E-state index in [4.69, 9.17) is 9.97 Å². The molecule has 2 aromatic carbocycles. The van der Waals surface area contributed by atoms with Crippen LogP contribution in [-0.4, -0.2) is 53.7 Å². The van der Waals surface area contributed by atoms with Crippen molar-refractivity contribution in [3.8, 4) is 0 Å². The van der Waals surface area contributed by atoms with E-state index in [0.29, 0.717) is 0 Å². The smallest absolute Gasteiger partial charge is 0.147 e. The first-order valence-corrected chi connectivity index (χ1v) is 14.4. The number of aromatic nitrogens is 2. The molecule has 0 radical (unpaired) electrons. The van der Waals surface area contributed by atoms with Gasteiger partial charge < -0.3 is 14.3 Å². The van der Waals surface area contributed by atoms with Gasteiger partial charge in [-0.2, -0.15) is 0 Å². The molecule has 0 fully saturated rings. The van der Waals surface area contributed by atoms with Crippen LogP contribution in [0.4, 0.5) is 23.0 Å². The maximum atomic E-state index is 4.81. The number of pyridine rings is 2. The molecule has 2 atom stereocenters. The maximum Gasteiger partial charge on any atom is 0.147 e. The van der Waals surface area contributed by atoms with Crippen LogP contribution in [0, 0.1) is 0 Å². The molecule has 0 spiro atoms. The Kier molecular flexibility index (Phi) is 6.39. The summed E-state index contributed by atoms with van der Waals surface area (Å²) in [6.07, 6.45) is 3.82. The van der Waals surface area contributed by atoms with Crippen molar-refractivity contribution in [2.45, 2.75) is 45.5 Å². The lowest BCUT2D eigenvalue weighted by Gasteiger charge is -2.43. The number of para-hydroxylation sites is 2. The molecule has 0 saturated carbocycles. The second kappa shape index (κ2) is 9.71. The molecule has 0 saturated heterocycles. The fourth-order valence-electron chi connectivity index (χ4n) is 5.80. The van der Waals surface area contributed by atoms with Crippen molar-refractivity contribution >= 4 is 46.5 Å². The van der Waals surface area contributed by atoms with E-state index >= 15 is 0 Å². The molecule has 2 aliphatic rings. The number of fused-ring (bicyclic) bond motifs is 4. The van der Waals surface area contributed by atoms with Gasteiger partial charge in [0, 0.05) is 22.2 Å². The predicted octanol–water partition coefficient (Wildman–Crippen LogP) is 7.24. The average molecular weight is 527 g/mol. The Labute approximate surface area is 228 Å². The summed E-state index contributed by atoms with van der Waals surface area (Å²) in [7, 11) is 4.70. The van der Waals surface area contributed by atoms with Crippen LogP contribution in [-0.2, 0) is 0 Å². The molecule has 7 heteroatoms. The van der Waals surface area contributed by atoms with Gasteiger partial charge in [0.05, 0.1) is 60.4 Å². The monoisotopic (exact) mass is 526 g/mol. The van der Waals surface area contributed by atoms with Gasteiger partial charge in [0.25, 0.3) is 0 Å². The van der Waals surface area contributed by atoms with Crippen LogP contribution in [0.2, 0.25) is 0 Å². The molecule has 0 N–H and O–H groups in total. The SMILES string of the molecule is CC(C[N+](C)(C)CC(C)N1c2ccccc2Sc2cccnc21)N1c2ccccc2Sc2cccnc21. The van der Waals surface area contributed by atoms with E-state index in [-0.39, 0.29) is 12.1 Å². The summed E-state index contributed by atoms with van der Waals surface area (Å²) in [6, 6.07) is 26.4. The number of anilines is 4. The predicted molar refractivity (Wildman–Crippen MR) is 155 cm³/mol. The molecule has 4 heterocycles. The van der Waals surface area contributed by atoms with E-state index in [0.717, 1.165) is 29.2 Å². The number of quaternary nitrogens is 1. The third-order valence-electron chi connectivity index (χ3n) is 7.05. The normalized spacial score (nSPS) is 15.8. The molecule has 0 amide bonds. The molecule has 2 aromatic heterocycles. The van der Waals surface area contributed by atoms with Crippen LogP contribution in [0.15, 0.2) is 105 Å². The standard InChI is InChI=1S/C30H32N5S2/c1-21(33-23-11-5-7-13-25(23)36-27-15-9-17-31-29(27)33)19-35(3,4)20-22(2)34-24-12-6-8-14-26(24)37-28-16-10-18-32-30(28)34/h5-18,21-22H,19-20H2,1-4H3/q+1. The number of likely N-dealkylation sites (N-methyl/N-ethyl adjacent to an activating group) is 1. The molecule has 0 aliphatic carbocycles. The molecule has 2 aliphatic heterocycles. The molecular formula is C30H32N5S2+. The molecule has 37 heavy (non-hydrogen) atoms. The van der Waals surface area contributed by atoms with Gasteiger partial charge in [-0.25, -0.2) is 9.97 Å². The highest BCUT2D eigenvalue weighted by Gasteiger charge is 2.35. The Morgan fingerprint density at radius 3 is 1.49 bits per heavy atom. The van der Waals surface area contributed by atoms with Gasteiger partial charge in [0.15, 0.2) is 0 Å². The quantitative estimate of drug-likeness (QED) is 0.246. The van der Waals surface area contributed by atoms with E-state index in [2.05, 4.69) is 98.4 Å². The van der Waals surface area contributed by atoms with Crippen molar-refractivity contribution in [2.24, 2.45) is 0 Å². The van der Waals surface area contributed by atoms with Gasteiger partial charge in [-0.1, -0.05) is 47.8 Å². The molecule has 4 aromatic rings. The first-order valence-electron chi connectivity index (χ1n) is 12.8. The fourth-order valence-corrected chi connectivity index (χ4v) is 7.88. The summed E-state index contributed by atoms with van der Waals surface area (Å²) in [5.74, 6) is 2.12. The Bertz CT molecular complexity index is 1240. The summed E-state index contributed by atoms with van der Waals surface area (Å²) in [5.41, 5.74) is 2.50. The minimum atomic E-state index is 0.271. The van der Waals surface area contributed by atoms with Gasteiger partial charge in [0.1, 0.15) is 11.6 Å². The average Bonchev–Trinajstić information content (AvgIpc) is 2.89. The topological polar surface area (TPSA) is 32.3 Å². The Balaban J connectivity index is 1.27. The number of hydrogen-bond donors (Lipinski definition) is 0. The van der Waals surface area contributed by atoms with Crippen molar-refractivity contribution in [1.82, 2.24) is 9.97 Å². The van der Waals surface area contributed by atoms with E-state index in [9.17, 15) is 0 Å². The van der Waals surface area contributed by atoms with Crippen molar-refractivity contribution in [3.63, 3.8) is 0 Å². The van der Waals surface area contributed by atoms with Crippen molar-refractivity contribution in [3.05, 3.63) is 85.2 Å². The number of hydrogen-bond acceptors (Lipinski definition) is 6. The largest absolute Gasteiger partial charge is 0.325 e. The van der Waals surface area contributed by atoms with E-state index in [1.54, 1.807) is 0 Å². The van der Waals surface area contributed by atoms with Crippen LogP contribution in [0.3, 0.4) is 0 Å². The minimum absolute atomic E-state index is 0.271. The Morgan fingerprint density at radius 1 is 0.622 bits per heavy atom. The Hall–Kier alpha value is -3.00. The first kappa shape index (κ1) is 24.3. The fraction of sp³-hybridized carbons (Fsp3) is 0.267. The van der Waals surface area contributed by atoms with Gasteiger partial charge in [-0.05, 0) is 62.4 Å². The highest BCUT2D eigenvalue weighted by atomic mass is 32.2. The van der Waals surface area contributed by atoms with Crippen molar-refractivity contribution < 1.29 is 4.48 Å². The molecule has 188 valence electrons. The first-order chi connectivity index (χ1) is 17.9. The zero-order chi connectivity index (χ0) is 25.6. The van der Waals surface area contributed by atoms with Crippen molar-refractivity contribution in [1.29, 1.82) is 0 Å². The van der Waals surface area contributed by atoms with Crippen LogP contribution in [0.1, 0.15) is 13.8 Å². The second-order valence-corrected chi connectivity index (χ2v) is 12.7. The highest BCUT2D eigenvalue weighted by Crippen LogP contribution is 2.49. The summed E-state index contributed by atoms with van der Waals surface area (Å²) < 4.78 is 0.879. The lowest BCUT2D eigenvalue weighted by molar-refractivity contribution is -0.891. The van der Waals surface area contributed by atoms with Gasteiger partial charge in [0.2, 0.25) is 0 Å². The van der Waals surface area contributed by atoms with Gasteiger partial charge in [-0.15, -0.1) is 0 Å². The molecule has 6 rings (SSSR count). The maximum absolute atomic E-state index is 4.81. The number of benzene rings is 2. The molecule has 2 unspecified atom stereocenters. The van der Waals surface area contributed by atoms with E-state index in [1.165, 1.54) is 31.0 Å². The lowest BCUT2D eigenvalue weighted by atomic mass is 10.1. The molecular weight excluding hydrogens is 494 g/mol. The van der Waals surface area contributed by atoms with Crippen LogP contribution < -0.4 is 9.80 Å². The van der Waals surface area contributed by atoms with E-state index < -0.39 is 0 Å². The summed E-state index contributed by atoms with van der Waals surface area (Å²) >= 11 is 3.63. The van der Waals surface area contributed by atoms with Crippen LogP contribution >= 0.6 is 23.5 Å². The lowest BCUT2D eigenvalue weighted by Crippen LogP contribution is -2.54. The molecule has 5 nitrogen and oxygen atoms in total. The number of rotatable bonds is 6. The molecule has 0 bridgehead atoms. The summed E-state index contributed by atoms with van der Waals surface area (Å²) in [6.45, 7) is 6.64. The van der Waals surface area contributed by atoms with Crippen LogP contribution in [0.5, 0.6) is 0 Å². The van der Waals surface area contributed by atoms with Gasteiger partial charge in [-0.3, -0.25) is 0 Å². The van der Waals surface area contributed by atoms with Gasteiger partial charge >= 0.3 is 0 Å². The minimum Gasteiger partial charge on any atom is -0.325 e. The van der Waals surface area contributed by atoms with Crippen molar-refractivity contribution in [2.75, 3.05) is 37.0 Å². The highest BCUT2D eigenvalue weighted by molar-refractivity contribution is 8.00. The van der Waals surface area contributed by atoms with E-state index in [1.807, 2.05) is 48.1 Å². The summed E-state index contributed by atoms with van der Waals surface area (Å²) in [5, 5.41) is 0. The third kappa shape index (κ3) is 4.60. The van der Waals surface area contributed by atoms with Crippen LogP contribution in [0.25, 0.3) is 0 Å². The zero-order valence-electron chi connectivity index (χ0n) is 21.7. The Morgan fingerprint density at radius 2 is 1.03 bits per heavy atom. The third-order valence-corrected chi connectivity index (χ3v) is 9.25. The zero-order valence-corrected chi connectivity index (χ0v) is 23.3.